The molecule has 0 radical (unpaired) electrons. The summed E-state index contributed by atoms with van der Waals surface area (Å²) < 4.78 is 16.8. The molecule has 4 nitrogen and oxygen atoms in total. The molecular weight excluding hydrogens is 254 g/mol. The number of rotatable bonds is 7. The molecule has 0 aliphatic carbocycles. The van der Waals surface area contributed by atoms with Crippen LogP contribution in [0, 0.1) is 0 Å². The average molecular weight is 279 g/mol. The Hall–Kier alpha value is -1.26. The third kappa shape index (κ3) is 4.39. The van der Waals surface area contributed by atoms with Gasteiger partial charge in [-0.05, 0) is 37.8 Å². The van der Waals surface area contributed by atoms with Gasteiger partial charge >= 0.3 is 0 Å². The number of benzene rings is 1. The molecule has 1 aromatic rings. The zero-order valence-electron chi connectivity index (χ0n) is 12.4. The maximum atomic E-state index is 5.93. The Balaban J connectivity index is 1.95. The highest BCUT2D eigenvalue weighted by molar-refractivity contribution is 5.41. The van der Waals surface area contributed by atoms with E-state index in [9.17, 15) is 0 Å². The molecule has 1 aliphatic heterocycles. The predicted octanol–water partition coefficient (Wildman–Crippen LogP) is 2.53. The quantitative estimate of drug-likeness (QED) is 0.833. The maximum Gasteiger partial charge on any atom is 0.126 e. The second-order valence-corrected chi connectivity index (χ2v) is 5.43. The molecule has 1 aromatic carbocycles. The van der Waals surface area contributed by atoms with Crippen LogP contribution in [0.1, 0.15) is 31.7 Å². The average Bonchev–Trinajstić information content (AvgIpc) is 2.93. The Morgan fingerprint density at radius 2 is 2.30 bits per heavy atom. The van der Waals surface area contributed by atoms with Crippen molar-refractivity contribution >= 4 is 0 Å². The first kappa shape index (κ1) is 15.1. The number of nitrogens with two attached hydrogens (primary N) is 1. The molecule has 1 saturated heterocycles. The van der Waals surface area contributed by atoms with Crippen molar-refractivity contribution < 1.29 is 14.2 Å². The molecule has 2 rings (SSSR count). The highest BCUT2D eigenvalue weighted by atomic mass is 16.5. The van der Waals surface area contributed by atoms with Crippen molar-refractivity contribution in [3.8, 4) is 11.5 Å². The van der Waals surface area contributed by atoms with Crippen LogP contribution in [0.4, 0.5) is 0 Å². The SMILES string of the molecule is COc1ccc(CC(C)N)c(OCCC2CCCO2)c1. The summed E-state index contributed by atoms with van der Waals surface area (Å²) in [4.78, 5) is 0. The van der Waals surface area contributed by atoms with Crippen LogP contribution in [-0.2, 0) is 11.2 Å². The molecule has 1 fully saturated rings. The van der Waals surface area contributed by atoms with Crippen LogP contribution < -0.4 is 15.2 Å². The Labute approximate surface area is 121 Å². The number of methoxy groups -OCH3 is 1. The molecule has 2 atom stereocenters. The van der Waals surface area contributed by atoms with Crippen molar-refractivity contribution in [2.24, 2.45) is 5.73 Å². The number of hydrogen-bond acceptors (Lipinski definition) is 4. The lowest BCUT2D eigenvalue weighted by molar-refractivity contribution is 0.0901. The monoisotopic (exact) mass is 279 g/mol. The topological polar surface area (TPSA) is 53.7 Å². The van der Waals surface area contributed by atoms with E-state index in [1.807, 2.05) is 25.1 Å². The van der Waals surface area contributed by atoms with Gasteiger partial charge in [-0.25, -0.2) is 0 Å². The third-order valence-electron chi connectivity index (χ3n) is 3.54. The minimum absolute atomic E-state index is 0.115. The van der Waals surface area contributed by atoms with E-state index >= 15 is 0 Å². The zero-order valence-corrected chi connectivity index (χ0v) is 12.4. The van der Waals surface area contributed by atoms with Crippen LogP contribution >= 0.6 is 0 Å². The Bertz CT molecular complexity index is 414. The first-order valence-electron chi connectivity index (χ1n) is 7.36. The van der Waals surface area contributed by atoms with Crippen molar-refractivity contribution in [1.82, 2.24) is 0 Å². The molecule has 2 unspecified atom stereocenters. The first-order valence-corrected chi connectivity index (χ1v) is 7.36. The van der Waals surface area contributed by atoms with Crippen LogP contribution in [0.25, 0.3) is 0 Å². The van der Waals surface area contributed by atoms with E-state index in [1.165, 1.54) is 6.42 Å². The summed E-state index contributed by atoms with van der Waals surface area (Å²) in [6.07, 6.45) is 4.42. The summed E-state index contributed by atoms with van der Waals surface area (Å²) >= 11 is 0. The summed E-state index contributed by atoms with van der Waals surface area (Å²) in [5, 5.41) is 0. The molecule has 0 aromatic heterocycles. The van der Waals surface area contributed by atoms with Crippen LogP contribution in [0.3, 0.4) is 0 Å². The van der Waals surface area contributed by atoms with Crippen molar-refractivity contribution in [2.45, 2.75) is 44.8 Å². The molecule has 2 N–H and O–H groups in total. The zero-order chi connectivity index (χ0) is 14.4. The van der Waals surface area contributed by atoms with E-state index in [2.05, 4.69) is 0 Å². The summed E-state index contributed by atoms with van der Waals surface area (Å²) in [7, 11) is 1.66. The van der Waals surface area contributed by atoms with Crippen LogP contribution in [0.5, 0.6) is 11.5 Å². The van der Waals surface area contributed by atoms with Crippen molar-refractivity contribution in [3.05, 3.63) is 23.8 Å². The maximum absolute atomic E-state index is 5.93. The van der Waals surface area contributed by atoms with E-state index < -0.39 is 0 Å². The van der Waals surface area contributed by atoms with Gasteiger partial charge in [0.15, 0.2) is 0 Å². The first-order chi connectivity index (χ1) is 9.69. The molecule has 1 aliphatic rings. The van der Waals surface area contributed by atoms with Gasteiger partial charge in [-0.3, -0.25) is 0 Å². The van der Waals surface area contributed by atoms with E-state index in [0.717, 1.165) is 42.9 Å². The molecule has 20 heavy (non-hydrogen) atoms. The molecule has 0 saturated carbocycles. The minimum Gasteiger partial charge on any atom is -0.497 e. The Morgan fingerprint density at radius 3 is 2.95 bits per heavy atom. The van der Waals surface area contributed by atoms with E-state index in [1.54, 1.807) is 7.11 Å². The van der Waals surface area contributed by atoms with Crippen LogP contribution in [0.2, 0.25) is 0 Å². The molecular formula is C16H25NO3. The van der Waals surface area contributed by atoms with Gasteiger partial charge in [-0.2, -0.15) is 0 Å². The lowest BCUT2D eigenvalue weighted by Crippen LogP contribution is -2.18. The van der Waals surface area contributed by atoms with Gasteiger partial charge in [0.2, 0.25) is 0 Å². The molecule has 112 valence electrons. The van der Waals surface area contributed by atoms with E-state index in [4.69, 9.17) is 19.9 Å². The van der Waals surface area contributed by atoms with Gasteiger partial charge in [-0.1, -0.05) is 6.07 Å². The fraction of sp³-hybridized carbons (Fsp3) is 0.625. The summed E-state index contributed by atoms with van der Waals surface area (Å²) in [6.45, 7) is 3.56. The van der Waals surface area contributed by atoms with Gasteiger partial charge in [0.1, 0.15) is 11.5 Å². The summed E-state index contributed by atoms with van der Waals surface area (Å²) in [5.74, 6) is 1.69. The Morgan fingerprint density at radius 1 is 1.45 bits per heavy atom. The normalized spacial score (nSPS) is 19.9. The van der Waals surface area contributed by atoms with Crippen molar-refractivity contribution in [1.29, 1.82) is 0 Å². The molecule has 1 heterocycles. The highest BCUT2D eigenvalue weighted by Crippen LogP contribution is 2.26. The number of ether oxygens (including phenoxy) is 3. The standard InChI is InChI=1S/C16H25NO3/c1-12(17)10-13-5-6-15(18-2)11-16(13)20-9-7-14-4-3-8-19-14/h5-6,11-12,14H,3-4,7-10,17H2,1-2H3. The van der Waals surface area contributed by atoms with Gasteiger partial charge in [0.05, 0.1) is 19.8 Å². The second kappa shape index (κ2) is 7.50. The van der Waals surface area contributed by atoms with E-state index in [-0.39, 0.29) is 6.04 Å². The number of hydrogen-bond donors (Lipinski definition) is 1. The second-order valence-electron chi connectivity index (χ2n) is 5.43. The van der Waals surface area contributed by atoms with Gasteiger partial charge in [0, 0.05) is 25.1 Å². The fourth-order valence-corrected chi connectivity index (χ4v) is 2.48. The fourth-order valence-electron chi connectivity index (χ4n) is 2.48. The van der Waals surface area contributed by atoms with Crippen molar-refractivity contribution in [3.63, 3.8) is 0 Å². The minimum atomic E-state index is 0.115. The summed E-state index contributed by atoms with van der Waals surface area (Å²) in [5.41, 5.74) is 7.02. The smallest absolute Gasteiger partial charge is 0.126 e. The largest absolute Gasteiger partial charge is 0.497 e. The molecule has 0 bridgehead atoms. The Kier molecular flexibility index (Phi) is 5.68. The van der Waals surface area contributed by atoms with Crippen LogP contribution in [-0.4, -0.2) is 32.5 Å². The van der Waals surface area contributed by atoms with Crippen molar-refractivity contribution in [2.75, 3.05) is 20.3 Å². The molecule has 0 amide bonds. The van der Waals surface area contributed by atoms with Gasteiger partial charge in [-0.15, -0.1) is 0 Å². The van der Waals surface area contributed by atoms with Gasteiger partial charge in [0.25, 0.3) is 0 Å². The summed E-state index contributed by atoms with van der Waals surface area (Å²) in [6, 6.07) is 6.03. The predicted molar refractivity (Wildman–Crippen MR) is 79.4 cm³/mol. The highest BCUT2D eigenvalue weighted by Gasteiger charge is 2.16. The van der Waals surface area contributed by atoms with E-state index in [0.29, 0.717) is 12.7 Å². The third-order valence-corrected chi connectivity index (χ3v) is 3.54. The molecule has 0 spiro atoms. The lowest BCUT2D eigenvalue weighted by Gasteiger charge is -2.16. The van der Waals surface area contributed by atoms with Gasteiger partial charge < -0.3 is 19.9 Å². The molecule has 4 heteroatoms. The lowest BCUT2D eigenvalue weighted by atomic mass is 10.1. The van der Waals surface area contributed by atoms with Crippen LogP contribution in [0.15, 0.2) is 18.2 Å².